The first kappa shape index (κ1) is 17.0. The molecule has 136 valence electrons. The van der Waals surface area contributed by atoms with Crippen LogP contribution in [0.2, 0.25) is 0 Å². The number of nitrogens with zero attached hydrogens (tertiary/aromatic N) is 5. The summed E-state index contributed by atoms with van der Waals surface area (Å²) < 4.78 is 4.20. The predicted molar refractivity (Wildman–Crippen MR) is 103 cm³/mol. The number of imidazole rings is 1. The van der Waals surface area contributed by atoms with Crippen molar-refractivity contribution in [2.75, 3.05) is 6.54 Å². The fourth-order valence-electron chi connectivity index (χ4n) is 3.97. The lowest BCUT2D eigenvalue weighted by Gasteiger charge is -2.36. The van der Waals surface area contributed by atoms with Crippen molar-refractivity contribution >= 4 is 0 Å². The molecule has 5 heteroatoms. The van der Waals surface area contributed by atoms with E-state index in [-0.39, 0.29) is 0 Å². The van der Waals surface area contributed by atoms with Crippen LogP contribution in [-0.2, 0) is 19.6 Å². The molecule has 5 nitrogen and oxygen atoms in total. The molecule has 26 heavy (non-hydrogen) atoms. The third kappa shape index (κ3) is 4.22. The molecule has 3 aromatic rings. The van der Waals surface area contributed by atoms with Gasteiger partial charge in [-0.3, -0.25) is 9.58 Å². The molecular formula is C21H27N5. The molecule has 2 aromatic heterocycles. The summed E-state index contributed by atoms with van der Waals surface area (Å²) in [5.74, 6) is 0. The van der Waals surface area contributed by atoms with E-state index in [1.165, 1.54) is 43.4 Å². The van der Waals surface area contributed by atoms with Crippen LogP contribution >= 0.6 is 0 Å². The summed E-state index contributed by atoms with van der Waals surface area (Å²) >= 11 is 0. The van der Waals surface area contributed by atoms with Crippen molar-refractivity contribution in [3.8, 4) is 0 Å². The SMILES string of the molecule is c1ccc(Cn2cccn2)c(CN2CCCC[C@H]2CCn2ccnc2)c1. The Balaban J connectivity index is 1.44. The van der Waals surface area contributed by atoms with Crippen LogP contribution in [0.3, 0.4) is 0 Å². The largest absolute Gasteiger partial charge is 0.337 e. The van der Waals surface area contributed by atoms with Crippen molar-refractivity contribution in [3.63, 3.8) is 0 Å². The highest BCUT2D eigenvalue weighted by Gasteiger charge is 2.23. The number of benzene rings is 1. The molecule has 0 bridgehead atoms. The zero-order valence-corrected chi connectivity index (χ0v) is 15.2. The highest BCUT2D eigenvalue weighted by Crippen LogP contribution is 2.24. The third-order valence-corrected chi connectivity index (χ3v) is 5.41. The first-order chi connectivity index (χ1) is 12.9. The second-order valence-electron chi connectivity index (χ2n) is 7.18. The zero-order chi connectivity index (χ0) is 17.6. The smallest absolute Gasteiger partial charge is 0.0945 e. The molecule has 0 radical (unpaired) electrons. The van der Waals surface area contributed by atoms with Crippen LogP contribution in [-0.4, -0.2) is 36.8 Å². The quantitative estimate of drug-likeness (QED) is 0.654. The summed E-state index contributed by atoms with van der Waals surface area (Å²) in [6, 6.07) is 11.5. The summed E-state index contributed by atoms with van der Waals surface area (Å²) in [5.41, 5.74) is 2.80. The van der Waals surface area contributed by atoms with Gasteiger partial charge in [0.15, 0.2) is 0 Å². The van der Waals surface area contributed by atoms with Gasteiger partial charge >= 0.3 is 0 Å². The van der Waals surface area contributed by atoms with Gasteiger partial charge in [0.1, 0.15) is 0 Å². The van der Waals surface area contributed by atoms with Gasteiger partial charge in [0.05, 0.1) is 12.9 Å². The second-order valence-corrected chi connectivity index (χ2v) is 7.18. The van der Waals surface area contributed by atoms with Crippen LogP contribution < -0.4 is 0 Å². The van der Waals surface area contributed by atoms with Gasteiger partial charge in [-0.05, 0) is 43.0 Å². The summed E-state index contributed by atoms with van der Waals surface area (Å²) in [7, 11) is 0. The lowest BCUT2D eigenvalue weighted by atomic mass is 9.97. The van der Waals surface area contributed by atoms with Gasteiger partial charge in [0, 0.05) is 43.9 Å². The van der Waals surface area contributed by atoms with Gasteiger partial charge in [-0.15, -0.1) is 0 Å². The third-order valence-electron chi connectivity index (χ3n) is 5.41. The van der Waals surface area contributed by atoms with Gasteiger partial charge in [0.25, 0.3) is 0 Å². The Morgan fingerprint density at radius 2 is 1.85 bits per heavy atom. The van der Waals surface area contributed by atoms with E-state index in [0.717, 1.165) is 19.6 Å². The zero-order valence-electron chi connectivity index (χ0n) is 15.2. The average molecular weight is 349 g/mol. The van der Waals surface area contributed by atoms with Crippen molar-refractivity contribution in [1.82, 2.24) is 24.2 Å². The molecule has 0 aliphatic carbocycles. The number of hydrogen-bond acceptors (Lipinski definition) is 3. The molecule has 1 aromatic carbocycles. The van der Waals surface area contributed by atoms with E-state index in [1.54, 1.807) is 0 Å². The summed E-state index contributed by atoms with van der Waals surface area (Å²) in [5, 5.41) is 4.37. The van der Waals surface area contributed by atoms with E-state index in [2.05, 4.69) is 50.0 Å². The van der Waals surface area contributed by atoms with Gasteiger partial charge in [-0.2, -0.15) is 5.10 Å². The monoisotopic (exact) mass is 349 g/mol. The van der Waals surface area contributed by atoms with Crippen LogP contribution in [0.25, 0.3) is 0 Å². The van der Waals surface area contributed by atoms with Gasteiger partial charge in [-0.1, -0.05) is 30.7 Å². The summed E-state index contributed by atoms with van der Waals surface area (Å²) in [6.45, 7) is 4.13. The Morgan fingerprint density at radius 1 is 0.962 bits per heavy atom. The molecule has 0 saturated carbocycles. The normalized spacial score (nSPS) is 18.2. The molecule has 1 aliphatic rings. The van der Waals surface area contributed by atoms with Crippen LogP contribution in [0.1, 0.15) is 36.8 Å². The minimum atomic E-state index is 0.656. The first-order valence-corrected chi connectivity index (χ1v) is 9.62. The number of aryl methyl sites for hydroxylation is 1. The van der Waals surface area contributed by atoms with Crippen molar-refractivity contribution in [1.29, 1.82) is 0 Å². The van der Waals surface area contributed by atoms with E-state index in [9.17, 15) is 0 Å². The molecule has 3 heterocycles. The maximum atomic E-state index is 4.37. The van der Waals surface area contributed by atoms with Crippen LogP contribution in [0.4, 0.5) is 0 Å². The van der Waals surface area contributed by atoms with E-state index in [1.807, 2.05) is 35.7 Å². The van der Waals surface area contributed by atoms with Crippen LogP contribution in [0, 0.1) is 0 Å². The molecule has 0 amide bonds. The highest BCUT2D eigenvalue weighted by atomic mass is 15.3. The fourth-order valence-corrected chi connectivity index (χ4v) is 3.97. The number of rotatable bonds is 7. The minimum absolute atomic E-state index is 0.656. The Morgan fingerprint density at radius 3 is 2.62 bits per heavy atom. The number of aromatic nitrogens is 4. The Bertz CT molecular complexity index is 779. The Labute approximate surface area is 155 Å². The average Bonchev–Trinajstić information content (AvgIpc) is 3.36. The van der Waals surface area contributed by atoms with Crippen LogP contribution in [0.15, 0.2) is 61.4 Å². The predicted octanol–water partition coefficient (Wildman–Crippen LogP) is 3.57. The fraction of sp³-hybridized carbons (Fsp3) is 0.429. The lowest BCUT2D eigenvalue weighted by Crippen LogP contribution is -2.39. The van der Waals surface area contributed by atoms with Gasteiger partial charge in [-0.25, -0.2) is 4.98 Å². The summed E-state index contributed by atoms with van der Waals surface area (Å²) in [6.07, 6.45) is 14.9. The Hall–Kier alpha value is -2.40. The van der Waals surface area contributed by atoms with Crippen molar-refractivity contribution in [2.45, 2.75) is 51.4 Å². The van der Waals surface area contributed by atoms with E-state index in [4.69, 9.17) is 0 Å². The molecule has 1 aliphatic heterocycles. The maximum absolute atomic E-state index is 4.37. The van der Waals surface area contributed by atoms with Gasteiger partial charge < -0.3 is 4.57 Å². The maximum Gasteiger partial charge on any atom is 0.0945 e. The molecular weight excluding hydrogens is 322 g/mol. The molecule has 0 unspecified atom stereocenters. The van der Waals surface area contributed by atoms with Crippen LogP contribution in [0.5, 0.6) is 0 Å². The second kappa shape index (κ2) is 8.32. The summed E-state index contributed by atoms with van der Waals surface area (Å²) in [4.78, 5) is 6.84. The number of likely N-dealkylation sites (tertiary alicyclic amines) is 1. The van der Waals surface area contributed by atoms with E-state index < -0.39 is 0 Å². The molecule has 1 atom stereocenters. The molecule has 1 saturated heterocycles. The van der Waals surface area contributed by atoms with Crippen molar-refractivity contribution in [2.24, 2.45) is 0 Å². The topological polar surface area (TPSA) is 38.9 Å². The van der Waals surface area contributed by atoms with E-state index >= 15 is 0 Å². The highest BCUT2D eigenvalue weighted by molar-refractivity contribution is 5.27. The first-order valence-electron chi connectivity index (χ1n) is 9.62. The molecule has 4 rings (SSSR count). The lowest BCUT2D eigenvalue weighted by molar-refractivity contribution is 0.128. The van der Waals surface area contributed by atoms with Crippen molar-refractivity contribution < 1.29 is 0 Å². The van der Waals surface area contributed by atoms with Crippen molar-refractivity contribution in [3.05, 3.63) is 72.6 Å². The number of hydrogen-bond donors (Lipinski definition) is 0. The number of piperidine rings is 1. The molecule has 0 spiro atoms. The molecule has 1 fully saturated rings. The van der Waals surface area contributed by atoms with E-state index in [0.29, 0.717) is 6.04 Å². The standard InChI is InChI=1S/C21H27N5/c1-2-7-20(17-26-13-5-10-23-26)19(6-1)16-25-12-4-3-8-21(25)9-14-24-15-11-22-18-24/h1-2,5-7,10-11,13,15,18,21H,3-4,8-9,12,14,16-17H2/t21-/m0/s1. The molecule has 0 N–H and O–H groups in total. The van der Waals surface area contributed by atoms with Gasteiger partial charge in [0.2, 0.25) is 0 Å². The Kier molecular flexibility index (Phi) is 5.45. The minimum Gasteiger partial charge on any atom is -0.337 e.